The van der Waals surface area contributed by atoms with E-state index >= 15 is 0 Å². The normalized spacial score (nSPS) is 15.4. The van der Waals surface area contributed by atoms with E-state index in [1.54, 1.807) is 11.3 Å². The summed E-state index contributed by atoms with van der Waals surface area (Å²) >= 11 is 0. The van der Waals surface area contributed by atoms with Gasteiger partial charge in [0, 0.05) is 23.8 Å². The standard InChI is InChI=1S/C14H18N2/c1-3-16-13-7-5-4-6-11(13)12-8-9-15-10(2)14(12)16/h8-9H,3-7H2,1-2H3. The van der Waals surface area contributed by atoms with Crippen molar-refractivity contribution in [2.24, 2.45) is 0 Å². The highest BCUT2D eigenvalue weighted by molar-refractivity contribution is 5.87. The smallest absolute Gasteiger partial charge is 0.0701 e. The fourth-order valence-corrected chi connectivity index (χ4v) is 3.10. The zero-order valence-corrected chi connectivity index (χ0v) is 10.1. The largest absolute Gasteiger partial charge is 0.343 e. The number of rotatable bonds is 1. The van der Waals surface area contributed by atoms with Crippen molar-refractivity contribution in [3.63, 3.8) is 0 Å². The van der Waals surface area contributed by atoms with Crippen LogP contribution in [0.25, 0.3) is 10.9 Å². The summed E-state index contributed by atoms with van der Waals surface area (Å²) in [6, 6.07) is 2.19. The second kappa shape index (κ2) is 3.62. The van der Waals surface area contributed by atoms with Gasteiger partial charge in [-0.1, -0.05) is 0 Å². The summed E-state index contributed by atoms with van der Waals surface area (Å²) in [6.45, 7) is 5.43. The van der Waals surface area contributed by atoms with Crippen molar-refractivity contribution in [1.29, 1.82) is 0 Å². The third kappa shape index (κ3) is 1.22. The number of aromatic nitrogens is 2. The molecule has 3 rings (SSSR count). The monoisotopic (exact) mass is 214 g/mol. The van der Waals surface area contributed by atoms with Gasteiger partial charge in [0.25, 0.3) is 0 Å². The van der Waals surface area contributed by atoms with E-state index in [2.05, 4.69) is 29.5 Å². The average Bonchev–Trinajstić information content (AvgIpc) is 2.65. The summed E-state index contributed by atoms with van der Waals surface area (Å²) in [5.74, 6) is 0. The van der Waals surface area contributed by atoms with Crippen molar-refractivity contribution in [2.75, 3.05) is 0 Å². The van der Waals surface area contributed by atoms with E-state index in [-0.39, 0.29) is 0 Å². The van der Waals surface area contributed by atoms with Crippen LogP contribution >= 0.6 is 0 Å². The molecular formula is C14H18N2. The Morgan fingerprint density at radius 1 is 1.31 bits per heavy atom. The Hall–Kier alpha value is -1.31. The number of pyridine rings is 1. The van der Waals surface area contributed by atoms with Crippen LogP contribution in [0.4, 0.5) is 0 Å². The molecule has 0 N–H and O–H groups in total. The second-order valence-corrected chi connectivity index (χ2v) is 4.67. The lowest BCUT2D eigenvalue weighted by molar-refractivity contribution is 0.629. The first-order valence-electron chi connectivity index (χ1n) is 6.28. The van der Waals surface area contributed by atoms with Crippen LogP contribution in [0.15, 0.2) is 12.3 Å². The van der Waals surface area contributed by atoms with Gasteiger partial charge in [0.05, 0.1) is 11.2 Å². The van der Waals surface area contributed by atoms with Gasteiger partial charge in [-0.2, -0.15) is 0 Å². The highest BCUT2D eigenvalue weighted by Crippen LogP contribution is 2.32. The van der Waals surface area contributed by atoms with Crippen LogP contribution < -0.4 is 0 Å². The molecule has 0 saturated carbocycles. The Bertz CT molecular complexity index is 537. The van der Waals surface area contributed by atoms with Crippen LogP contribution in [-0.4, -0.2) is 9.55 Å². The molecule has 0 unspecified atom stereocenters. The molecule has 0 atom stereocenters. The molecule has 0 saturated heterocycles. The minimum absolute atomic E-state index is 1.07. The van der Waals surface area contributed by atoms with E-state index in [0.717, 1.165) is 6.54 Å². The zero-order valence-electron chi connectivity index (χ0n) is 10.1. The molecule has 1 aliphatic carbocycles. The highest BCUT2D eigenvalue weighted by atomic mass is 15.0. The van der Waals surface area contributed by atoms with Crippen LogP contribution in [0.1, 0.15) is 36.7 Å². The summed E-state index contributed by atoms with van der Waals surface area (Å²) in [4.78, 5) is 4.44. The van der Waals surface area contributed by atoms with E-state index in [1.807, 2.05) is 6.20 Å². The number of hydrogen-bond acceptors (Lipinski definition) is 1. The molecule has 2 heterocycles. The van der Waals surface area contributed by atoms with Crippen LogP contribution in [0, 0.1) is 6.92 Å². The van der Waals surface area contributed by atoms with E-state index in [0.29, 0.717) is 0 Å². The molecule has 0 radical (unpaired) electrons. The minimum Gasteiger partial charge on any atom is -0.343 e. The number of nitrogens with zero attached hydrogens (tertiary/aromatic N) is 2. The molecular weight excluding hydrogens is 196 g/mol. The van der Waals surface area contributed by atoms with Crippen molar-refractivity contribution in [1.82, 2.24) is 9.55 Å². The van der Waals surface area contributed by atoms with Crippen LogP contribution in [0.2, 0.25) is 0 Å². The van der Waals surface area contributed by atoms with Crippen molar-refractivity contribution < 1.29 is 0 Å². The fourth-order valence-electron chi connectivity index (χ4n) is 3.10. The molecule has 0 amide bonds. The van der Waals surface area contributed by atoms with Gasteiger partial charge in [-0.15, -0.1) is 0 Å². The molecule has 0 spiro atoms. The van der Waals surface area contributed by atoms with Gasteiger partial charge in [0.15, 0.2) is 0 Å². The molecule has 2 nitrogen and oxygen atoms in total. The third-order valence-corrected chi connectivity index (χ3v) is 3.78. The first-order valence-corrected chi connectivity index (χ1v) is 6.28. The van der Waals surface area contributed by atoms with Crippen LogP contribution in [0.5, 0.6) is 0 Å². The van der Waals surface area contributed by atoms with Gasteiger partial charge in [-0.05, 0) is 51.2 Å². The zero-order chi connectivity index (χ0) is 11.1. The Morgan fingerprint density at radius 3 is 2.94 bits per heavy atom. The van der Waals surface area contributed by atoms with Gasteiger partial charge in [-0.3, -0.25) is 4.98 Å². The number of fused-ring (bicyclic) bond motifs is 3. The Labute approximate surface area is 96.3 Å². The minimum atomic E-state index is 1.07. The van der Waals surface area contributed by atoms with Crippen molar-refractivity contribution in [3.8, 4) is 0 Å². The summed E-state index contributed by atoms with van der Waals surface area (Å²) in [5, 5.41) is 1.45. The fraction of sp³-hybridized carbons (Fsp3) is 0.500. The highest BCUT2D eigenvalue weighted by Gasteiger charge is 2.20. The molecule has 0 fully saturated rings. The predicted molar refractivity (Wildman–Crippen MR) is 66.8 cm³/mol. The Morgan fingerprint density at radius 2 is 2.12 bits per heavy atom. The maximum absolute atomic E-state index is 4.44. The van der Waals surface area contributed by atoms with E-state index in [9.17, 15) is 0 Å². The summed E-state index contributed by atoms with van der Waals surface area (Å²) in [6.07, 6.45) is 7.14. The van der Waals surface area contributed by atoms with Gasteiger partial charge in [-0.25, -0.2) is 0 Å². The summed E-state index contributed by atoms with van der Waals surface area (Å²) < 4.78 is 2.48. The van der Waals surface area contributed by atoms with Crippen molar-refractivity contribution in [3.05, 3.63) is 29.2 Å². The maximum atomic E-state index is 4.44. The number of aryl methyl sites for hydroxylation is 3. The molecule has 1 aliphatic rings. The summed E-state index contributed by atoms with van der Waals surface area (Å²) in [5.41, 5.74) is 5.71. The molecule has 16 heavy (non-hydrogen) atoms. The average molecular weight is 214 g/mol. The molecule has 0 aromatic carbocycles. The molecule has 0 aliphatic heterocycles. The predicted octanol–water partition coefficient (Wildman–Crippen LogP) is 3.24. The van der Waals surface area contributed by atoms with Gasteiger partial charge >= 0.3 is 0 Å². The molecule has 2 heteroatoms. The Kier molecular flexibility index (Phi) is 2.23. The lowest BCUT2D eigenvalue weighted by Crippen LogP contribution is -2.07. The molecule has 2 aromatic rings. The quantitative estimate of drug-likeness (QED) is 0.712. The molecule has 2 aromatic heterocycles. The molecule has 0 bridgehead atoms. The van der Waals surface area contributed by atoms with Crippen LogP contribution in [0.3, 0.4) is 0 Å². The SMILES string of the molecule is CCn1c2c(c3ccnc(C)c31)CCCC2. The van der Waals surface area contributed by atoms with Gasteiger partial charge < -0.3 is 4.57 Å². The lowest BCUT2D eigenvalue weighted by atomic mass is 9.96. The van der Waals surface area contributed by atoms with Crippen LogP contribution in [-0.2, 0) is 19.4 Å². The lowest BCUT2D eigenvalue weighted by Gasteiger charge is -2.14. The van der Waals surface area contributed by atoms with E-state index < -0.39 is 0 Å². The Balaban J connectivity index is 2.42. The van der Waals surface area contributed by atoms with E-state index in [4.69, 9.17) is 0 Å². The third-order valence-electron chi connectivity index (χ3n) is 3.78. The van der Waals surface area contributed by atoms with Gasteiger partial charge in [0.1, 0.15) is 0 Å². The maximum Gasteiger partial charge on any atom is 0.0701 e. The van der Waals surface area contributed by atoms with E-state index in [1.165, 1.54) is 42.3 Å². The number of hydrogen-bond donors (Lipinski definition) is 0. The second-order valence-electron chi connectivity index (χ2n) is 4.67. The topological polar surface area (TPSA) is 17.8 Å². The van der Waals surface area contributed by atoms with Gasteiger partial charge in [0.2, 0.25) is 0 Å². The van der Waals surface area contributed by atoms with Crippen molar-refractivity contribution >= 4 is 10.9 Å². The van der Waals surface area contributed by atoms with Crippen molar-refractivity contribution in [2.45, 2.75) is 46.1 Å². The first-order chi connectivity index (χ1) is 7.83. The summed E-state index contributed by atoms with van der Waals surface area (Å²) in [7, 11) is 0. The first kappa shape index (κ1) is 9.88. The molecule has 84 valence electrons.